The maximum Gasteiger partial charge on any atom is 0.338 e. The van der Waals surface area contributed by atoms with Gasteiger partial charge in [0.1, 0.15) is 18.8 Å². The van der Waals surface area contributed by atoms with Crippen molar-refractivity contribution < 1.29 is 9.53 Å². The van der Waals surface area contributed by atoms with Crippen LogP contribution in [0.2, 0.25) is 0 Å². The van der Waals surface area contributed by atoms with Gasteiger partial charge >= 0.3 is 5.97 Å². The Labute approximate surface area is 163 Å². The molecule has 1 atom stereocenters. The minimum atomic E-state index is -0.454. The molecular formula is C23H19N3O2. The minimum Gasteiger partial charge on any atom is -0.452 e. The molecule has 3 aromatic carbocycles. The number of hydrogen-bond donors (Lipinski definition) is 0. The Morgan fingerprint density at radius 1 is 0.857 bits per heavy atom. The maximum absolute atomic E-state index is 12.7. The Hall–Kier alpha value is -3.73. The van der Waals surface area contributed by atoms with E-state index in [4.69, 9.17) is 4.74 Å². The highest BCUT2D eigenvalue weighted by Gasteiger charge is 2.19. The molecule has 0 aliphatic carbocycles. The summed E-state index contributed by atoms with van der Waals surface area (Å²) in [5, 5.41) is 4.12. The molecule has 0 aliphatic heterocycles. The van der Waals surface area contributed by atoms with E-state index in [1.165, 1.54) is 6.33 Å². The van der Waals surface area contributed by atoms with Crippen LogP contribution in [0.1, 0.15) is 22.0 Å². The lowest BCUT2D eigenvalue weighted by atomic mass is 10.0. The zero-order valence-electron chi connectivity index (χ0n) is 15.2. The number of aromatic nitrogens is 3. The van der Waals surface area contributed by atoms with Crippen molar-refractivity contribution in [2.24, 2.45) is 0 Å². The van der Waals surface area contributed by atoms with E-state index in [-0.39, 0.29) is 5.97 Å². The molecule has 1 heterocycles. The Morgan fingerprint density at radius 2 is 1.50 bits per heavy atom. The molecule has 5 heteroatoms. The SMILES string of the molecule is O=C(OC(Cn1cncn1)c1ccccc1)c1ccc(-c2ccccc2)cc1. The predicted molar refractivity (Wildman–Crippen MR) is 106 cm³/mol. The number of benzene rings is 3. The highest BCUT2D eigenvalue weighted by molar-refractivity contribution is 5.90. The molecule has 0 N–H and O–H groups in total. The molecule has 0 saturated carbocycles. The van der Waals surface area contributed by atoms with Gasteiger partial charge in [0.2, 0.25) is 0 Å². The minimum absolute atomic E-state index is 0.367. The fraction of sp³-hybridized carbons (Fsp3) is 0.0870. The van der Waals surface area contributed by atoms with Crippen molar-refractivity contribution in [3.05, 3.63) is 109 Å². The third kappa shape index (κ3) is 4.15. The van der Waals surface area contributed by atoms with E-state index in [1.807, 2.05) is 72.8 Å². The topological polar surface area (TPSA) is 57.0 Å². The van der Waals surface area contributed by atoms with Crippen LogP contribution >= 0.6 is 0 Å². The van der Waals surface area contributed by atoms with E-state index in [2.05, 4.69) is 10.1 Å². The molecule has 0 fully saturated rings. The van der Waals surface area contributed by atoms with Crippen LogP contribution in [0.25, 0.3) is 11.1 Å². The first kappa shape index (κ1) is 17.7. The second-order valence-electron chi connectivity index (χ2n) is 6.37. The molecular weight excluding hydrogens is 350 g/mol. The van der Waals surface area contributed by atoms with Gasteiger partial charge in [0.25, 0.3) is 0 Å². The molecule has 1 unspecified atom stereocenters. The summed E-state index contributed by atoms with van der Waals surface area (Å²) in [6.45, 7) is 0.401. The summed E-state index contributed by atoms with van der Waals surface area (Å²) in [6.07, 6.45) is 2.62. The molecule has 0 bridgehead atoms. The summed E-state index contributed by atoms with van der Waals surface area (Å²) < 4.78 is 7.47. The van der Waals surface area contributed by atoms with Gasteiger partial charge in [-0.15, -0.1) is 0 Å². The van der Waals surface area contributed by atoms with E-state index in [0.717, 1.165) is 16.7 Å². The summed E-state index contributed by atoms with van der Waals surface area (Å²) in [5.41, 5.74) is 3.58. The highest BCUT2D eigenvalue weighted by atomic mass is 16.5. The smallest absolute Gasteiger partial charge is 0.338 e. The van der Waals surface area contributed by atoms with Gasteiger partial charge in [0.15, 0.2) is 0 Å². The molecule has 1 aromatic heterocycles. The fourth-order valence-electron chi connectivity index (χ4n) is 3.00. The van der Waals surface area contributed by atoms with E-state index in [9.17, 15) is 4.79 Å². The summed E-state index contributed by atoms with van der Waals surface area (Å²) in [5.74, 6) is -0.367. The predicted octanol–water partition coefficient (Wildman–Crippen LogP) is 4.54. The number of hydrogen-bond acceptors (Lipinski definition) is 4. The van der Waals surface area contributed by atoms with Crippen LogP contribution < -0.4 is 0 Å². The summed E-state index contributed by atoms with van der Waals surface area (Å²) in [4.78, 5) is 16.7. The second-order valence-corrected chi connectivity index (χ2v) is 6.37. The molecule has 0 radical (unpaired) electrons. The lowest BCUT2D eigenvalue weighted by Gasteiger charge is -2.18. The number of carbonyl (C=O) groups is 1. The molecule has 0 amide bonds. The standard InChI is InChI=1S/C23H19N3O2/c27-23(21-13-11-19(12-14-21)18-7-3-1-4-8-18)28-22(15-26-17-24-16-25-26)20-9-5-2-6-10-20/h1-14,16-17,22H,15H2. The van der Waals surface area contributed by atoms with Crippen LogP contribution in [-0.4, -0.2) is 20.7 Å². The van der Waals surface area contributed by atoms with E-state index in [0.29, 0.717) is 12.1 Å². The maximum atomic E-state index is 12.7. The van der Waals surface area contributed by atoms with Gasteiger partial charge in [0.05, 0.1) is 12.1 Å². The lowest BCUT2D eigenvalue weighted by molar-refractivity contribution is 0.0246. The number of nitrogens with zero attached hydrogens (tertiary/aromatic N) is 3. The van der Waals surface area contributed by atoms with Crippen molar-refractivity contribution in [1.29, 1.82) is 0 Å². The third-order valence-corrected chi connectivity index (χ3v) is 4.47. The van der Waals surface area contributed by atoms with Gasteiger partial charge in [-0.1, -0.05) is 72.8 Å². The van der Waals surface area contributed by atoms with Gasteiger partial charge in [-0.05, 0) is 28.8 Å². The van der Waals surface area contributed by atoms with Crippen molar-refractivity contribution in [2.75, 3.05) is 0 Å². The average Bonchev–Trinajstić information content (AvgIpc) is 3.28. The van der Waals surface area contributed by atoms with Gasteiger partial charge in [-0.25, -0.2) is 14.5 Å². The summed E-state index contributed by atoms with van der Waals surface area (Å²) in [6, 6.07) is 27.1. The van der Waals surface area contributed by atoms with Crippen molar-refractivity contribution >= 4 is 5.97 Å². The summed E-state index contributed by atoms with van der Waals surface area (Å²) in [7, 11) is 0. The fourth-order valence-corrected chi connectivity index (χ4v) is 3.00. The van der Waals surface area contributed by atoms with Crippen LogP contribution in [0, 0.1) is 0 Å². The molecule has 0 saturated heterocycles. The first-order valence-electron chi connectivity index (χ1n) is 9.03. The van der Waals surface area contributed by atoms with E-state index < -0.39 is 6.10 Å². The largest absolute Gasteiger partial charge is 0.452 e. The van der Waals surface area contributed by atoms with E-state index >= 15 is 0 Å². The monoisotopic (exact) mass is 369 g/mol. The van der Waals surface area contributed by atoms with Crippen molar-refractivity contribution in [3.63, 3.8) is 0 Å². The Balaban J connectivity index is 1.52. The van der Waals surface area contributed by atoms with Crippen LogP contribution in [0.15, 0.2) is 97.6 Å². The molecule has 5 nitrogen and oxygen atoms in total. The van der Waals surface area contributed by atoms with Crippen LogP contribution in [0.4, 0.5) is 0 Å². The first-order valence-corrected chi connectivity index (χ1v) is 9.03. The lowest BCUT2D eigenvalue weighted by Crippen LogP contribution is -2.17. The van der Waals surface area contributed by atoms with Gasteiger partial charge in [-0.2, -0.15) is 5.10 Å². The molecule has 0 spiro atoms. The Morgan fingerprint density at radius 3 is 2.14 bits per heavy atom. The number of ether oxygens (including phenoxy) is 1. The van der Waals surface area contributed by atoms with Crippen LogP contribution in [0.5, 0.6) is 0 Å². The zero-order valence-corrected chi connectivity index (χ0v) is 15.2. The molecule has 28 heavy (non-hydrogen) atoms. The molecule has 4 aromatic rings. The Kier molecular flexibility index (Phi) is 5.24. The van der Waals surface area contributed by atoms with Gasteiger partial charge in [-0.3, -0.25) is 0 Å². The first-order chi connectivity index (χ1) is 13.8. The Bertz CT molecular complexity index is 1010. The second kappa shape index (κ2) is 8.31. The van der Waals surface area contributed by atoms with Crippen molar-refractivity contribution in [3.8, 4) is 11.1 Å². The normalized spacial score (nSPS) is 11.7. The van der Waals surface area contributed by atoms with Crippen molar-refractivity contribution in [2.45, 2.75) is 12.6 Å². The van der Waals surface area contributed by atoms with Crippen molar-refractivity contribution in [1.82, 2.24) is 14.8 Å². The quantitative estimate of drug-likeness (QED) is 0.468. The highest BCUT2D eigenvalue weighted by Crippen LogP contribution is 2.23. The number of rotatable bonds is 6. The van der Waals surface area contributed by atoms with Crippen LogP contribution in [-0.2, 0) is 11.3 Å². The zero-order chi connectivity index (χ0) is 19.2. The van der Waals surface area contributed by atoms with E-state index in [1.54, 1.807) is 23.1 Å². The molecule has 138 valence electrons. The average molecular weight is 369 g/mol. The van der Waals surface area contributed by atoms with Gasteiger partial charge < -0.3 is 4.74 Å². The van der Waals surface area contributed by atoms with Gasteiger partial charge in [0, 0.05) is 0 Å². The summed E-state index contributed by atoms with van der Waals surface area (Å²) >= 11 is 0. The molecule has 4 rings (SSSR count). The third-order valence-electron chi connectivity index (χ3n) is 4.47. The number of carbonyl (C=O) groups excluding carboxylic acids is 1. The van der Waals surface area contributed by atoms with Crippen LogP contribution in [0.3, 0.4) is 0 Å². The number of esters is 1. The molecule has 0 aliphatic rings.